The lowest BCUT2D eigenvalue weighted by atomic mass is 9.70. The molecule has 3 unspecified atom stereocenters. The Kier molecular flexibility index (Phi) is 8.62. The molecule has 212 valence electrons. The van der Waals surface area contributed by atoms with Gasteiger partial charge in [0.1, 0.15) is 5.92 Å². The van der Waals surface area contributed by atoms with E-state index in [2.05, 4.69) is 15.6 Å². The maximum absolute atomic E-state index is 13.3. The molecule has 0 saturated carbocycles. The number of nitrogens with zero attached hydrogens (tertiary/aromatic N) is 1. The van der Waals surface area contributed by atoms with Gasteiger partial charge in [-0.15, -0.1) is 11.3 Å². The van der Waals surface area contributed by atoms with Crippen LogP contribution >= 0.6 is 11.3 Å². The predicted octanol–water partition coefficient (Wildman–Crippen LogP) is 3.77. The van der Waals surface area contributed by atoms with Crippen LogP contribution in [0.1, 0.15) is 33.3 Å². The molecule has 40 heavy (non-hydrogen) atoms. The Balaban J connectivity index is 0.000000307. The molecule has 0 amide bonds. The first-order chi connectivity index (χ1) is 19.0. The lowest BCUT2D eigenvalue weighted by molar-refractivity contribution is -0.152. The first-order valence-corrected chi connectivity index (χ1v) is 15.1. The number of nitrogens with one attached hydrogen (secondary N) is 2. The van der Waals surface area contributed by atoms with Crippen LogP contribution in [0.15, 0.2) is 76.3 Å². The van der Waals surface area contributed by atoms with E-state index in [1.54, 1.807) is 32.2 Å². The summed E-state index contributed by atoms with van der Waals surface area (Å²) in [4.78, 5) is 30.7. The number of benzene rings is 2. The quantitative estimate of drug-likeness (QED) is 0.263. The van der Waals surface area contributed by atoms with Gasteiger partial charge >= 0.3 is 11.9 Å². The number of nitrogens with two attached hydrogens (primary N) is 1. The minimum absolute atomic E-state index is 0.236. The molecule has 3 atom stereocenters. The minimum atomic E-state index is -3.47. The van der Waals surface area contributed by atoms with Gasteiger partial charge in [-0.05, 0) is 51.0 Å². The van der Waals surface area contributed by atoms with Crippen LogP contribution in [0.4, 0.5) is 5.13 Å². The van der Waals surface area contributed by atoms with E-state index in [0.29, 0.717) is 16.4 Å². The molecule has 5 rings (SSSR count). The molecule has 10 nitrogen and oxygen atoms in total. The SMILES string of the molecule is CCOC(=O)C1=C(C)NC(C)(c2ccccc2)C(C(=O)OCC)C1Nc1nccs1.NS(=O)(=O)c1ccc2cc1-2. The fourth-order valence-corrected chi connectivity index (χ4v) is 6.26. The summed E-state index contributed by atoms with van der Waals surface area (Å²) in [5.41, 5.74) is 2.89. The van der Waals surface area contributed by atoms with Crippen molar-refractivity contribution in [2.75, 3.05) is 18.5 Å². The van der Waals surface area contributed by atoms with Crippen LogP contribution in [0, 0.1) is 5.92 Å². The fourth-order valence-electron chi connectivity index (χ4n) is 4.95. The molecule has 1 aromatic heterocycles. The summed E-state index contributed by atoms with van der Waals surface area (Å²) >= 11 is 1.40. The van der Waals surface area contributed by atoms with Gasteiger partial charge in [-0.1, -0.05) is 36.4 Å². The monoisotopic (exact) mass is 584 g/mol. The molecule has 3 aliphatic rings. The summed E-state index contributed by atoms with van der Waals surface area (Å²) in [7, 11) is -3.47. The van der Waals surface area contributed by atoms with Crippen LogP contribution in [0.3, 0.4) is 0 Å². The van der Waals surface area contributed by atoms with E-state index in [0.717, 1.165) is 16.7 Å². The van der Waals surface area contributed by atoms with Crippen molar-refractivity contribution < 1.29 is 27.5 Å². The second-order valence-electron chi connectivity index (χ2n) is 9.40. The van der Waals surface area contributed by atoms with Gasteiger partial charge in [-0.3, -0.25) is 4.79 Å². The van der Waals surface area contributed by atoms with E-state index in [9.17, 15) is 18.0 Å². The van der Waals surface area contributed by atoms with Gasteiger partial charge in [0.15, 0.2) is 5.13 Å². The minimum Gasteiger partial charge on any atom is -0.466 e. The average molecular weight is 585 g/mol. The average Bonchev–Trinajstić information content (AvgIpc) is 3.25. The highest BCUT2D eigenvalue weighted by molar-refractivity contribution is 7.89. The number of esters is 2. The highest BCUT2D eigenvalue weighted by Gasteiger charge is 2.53. The van der Waals surface area contributed by atoms with Gasteiger partial charge in [0.25, 0.3) is 0 Å². The van der Waals surface area contributed by atoms with Gasteiger partial charge in [-0.2, -0.15) is 0 Å². The summed E-state index contributed by atoms with van der Waals surface area (Å²) in [6.07, 6.45) is 1.67. The number of ether oxygens (including phenoxy) is 2. The molecule has 12 heteroatoms. The fraction of sp³-hybridized carbons (Fsp3) is 0.321. The first kappa shape index (κ1) is 29.2. The van der Waals surface area contributed by atoms with Gasteiger partial charge < -0.3 is 20.1 Å². The number of anilines is 1. The summed E-state index contributed by atoms with van der Waals surface area (Å²) < 4.78 is 32.2. The first-order valence-electron chi connectivity index (χ1n) is 12.7. The Bertz CT molecular complexity index is 1520. The number of hydrogen-bond acceptors (Lipinski definition) is 10. The molecule has 1 aliphatic heterocycles. The Hall–Kier alpha value is -3.74. The predicted molar refractivity (Wildman–Crippen MR) is 153 cm³/mol. The standard InChI is InChI=1S/C22H27N3O4S.C6H5NO2S/c1-5-28-19(26)16-14(3)25-22(4,15-10-8-7-9-11-15)17(20(27)29-6-2)18(16)24-21-23-12-13-30-21;7-10(8,9)6-2-1-4-3-5(4)6/h7-13,17-18,25H,5-6H2,1-4H3,(H,23,24);1-3H,(H2,7,8,9). The summed E-state index contributed by atoms with van der Waals surface area (Å²) in [6, 6.07) is 14.1. The van der Waals surface area contributed by atoms with E-state index in [1.165, 1.54) is 17.4 Å². The van der Waals surface area contributed by atoms with E-state index in [1.807, 2.05) is 49.6 Å². The number of hydrogen-bond donors (Lipinski definition) is 3. The molecule has 0 bridgehead atoms. The van der Waals surface area contributed by atoms with Gasteiger partial charge in [-0.25, -0.2) is 23.3 Å². The zero-order chi connectivity index (χ0) is 29.1. The molecular formula is C28H32N4O6S2. The smallest absolute Gasteiger partial charge is 0.337 e. The van der Waals surface area contributed by atoms with Gasteiger partial charge in [0, 0.05) is 22.8 Å². The number of primary sulfonamides is 1. The molecule has 2 aliphatic carbocycles. The number of carbonyl (C=O) groups is 2. The molecule has 1 aromatic carbocycles. The van der Waals surface area contributed by atoms with Crippen molar-refractivity contribution in [1.82, 2.24) is 10.3 Å². The number of rotatable bonds is 8. The van der Waals surface area contributed by atoms with Crippen molar-refractivity contribution in [2.45, 2.75) is 44.2 Å². The van der Waals surface area contributed by atoms with Crippen molar-refractivity contribution in [3.8, 4) is 11.1 Å². The summed E-state index contributed by atoms with van der Waals surface area (Å²) in [5, 5.41) is 14.1. The molecule has 0 fully saturated rings. The van der Waals surface area contributed by atoms with Crippen molar-refractivity contribution in [1.29, 1.82) is 0 Å². The third-order valence-corrected chi connectivity index (χ3v) is 8.43. The Morgan fingerprint density at radius 2 is 1.82 bits per heavy atom. The summed E-state index contributed by atoms with van der Waals surface area (Å²) in [5.74, 6) is -1.62. The lowest BCUT2D eigenvalue weighted by Crippen LogP contribution is -2.60. The molecule has 0 saturated heterocycles. The number of thiazole rings is 1. The molecule has 2 heterocycles. The normalized spacial score (nSPS) is 20.9. The van der Waals surface area contributed by atoms with E-state index in [4.69, 9.17) is 14.6 Å². The largest absolute Gasteiger partial charge is 0.466 e. The molecule has 0 spiro atoms. The van der Waals surface area contributed by atoms with Crippen LogP contribution in [0.2, 0.25) is 0 Å². The molecule has 0 radical (unpaired) electrons. The third-order valence-electron chi connectivity index (χ3n) is 6.75. The van der Waals surface area contributed by atoms with Crippen LogP contribution in [-0.2, 0) is 34.6 Å². The number of aromatic nitrogens is 1. The van der Waals surface area contributed by atoms with E-state index >= 15 is 0 Å². The Morgan fingerprint density at radius 3 is 2.33 bits per heavy atom. The van der Waals surface area contributed by atoms with Crippen LogP contribution < -0.4 is 15.8 Å². The maximum atomic E-state index is 13.3. The van der Waals surface area contributed by atoms with Crippen molar-refractivity contribution in [3.63, 3.8) is 0 Å². The van der Waals surface area contributed by atoms with Crippen molar-refractivity contribution >= 4 is 38.4 Å². The zero-order valence-electron chi connectivity index (χ0n) is 22.6. The van der Waals surface area contributed by atoms with E-state index in [-0.39, 0.29) is 18.1 Å². The zero-order valence-corrected chi connectivity index (χ0v) is 24.3. The third kappa shape index (κ3) is 6.03. The second kappa shape index (κ2) is 11.8. The number of sulfonamides is 1. The van der Waals surface area contributed by atoms with Crippen molar-refractivity contribution in [2.24, 2.45) is 11.1 Å². The highest BCUT2D eigenvalue weighted by atomic mass is 32.2. The number of fused-ring (bicyclic) bond motifs is 1. The summed E-state index contributed by atoms with van der Waals surface area (Å²) in [6.45, 7) is 7.77. The van der Waals surface area contributed by atoms with Crippen LogP contribution in [0.25, 0.3) is 11.1 Å². The molecule has 2 aromatic rings. The lowest BCUT2D eigenvalue weighted by Gasteiger charge is -2.47. The van der Waals surface area contributed by atoms with Crippen molar-refractivity contribution in [3.05, 3.63) is 76.9 Å². The topological polar surface area (TPSA) is 150 Å². The number of carbonyl (C=O) groups excluding carboxylic acids is 2. The maximum Gasteiger partial charge on any atom is 0.337 e. The Labute approximate surface area is 237 Å². The number of allylic oxidation sites excluding steroid dienone is 1. The van der Waals surface area contributed by atoms with Gasteiger partial charge in [0.05, 0.1) is 35.3 Å². The van der Waals surface area contributed by atoms with Crippen LogP contribution in [0.5, 0.6) is 0 Å². The van der Waals surface area contributed by atoms with Crippen LogP contribution in [-0.4, -0.2) is 44.6 Å². The second-order valence-corrected chi connectivity index (χ2v) is 11.8. The Morgan fingerprint density at radius 1 is 1.12 bits per heavy atom. The van der Waals surface area contributed by atoms with Gasteiger partial charge in [0.2, 0.25) is 10.0 Å². The molecule has 4 N–H and O–H groups in total. The van der Waals surface area contributed by atoms with E-state index < -0.39 is 39.5 Å². The highest BCUT2D eigenvalue weighted by Crippen LogP contribution is 2.42. The molecular weight excluding hydrogens is 552 g/mol.